The van der Waals surface area contributed by atoms with Crippen LogP contribution in [0.1, 0.15) is 52.1 Å². The molecule has 1 fully saturated rings. The third kappa shape index (κ3) is 5.90. The highest BCUT2D eigenvalue weighted by Gasteiger charge is 2.43. The molecule has 1 saturated heterocycles. The molecule has 3 N–H and O–H groups in total. The van der Waals surface area contributed by atoms with Crippen LogP contribution in [-0.2, 0) is 14.3 Å². The first-order valence-corrected chi connectivity index (χ1v) is 12.2. The lowest BCUT2D eigenvalue weighted by molar-refractivity contribution is -0.127. The van der Waals surface area contributed by atoms with E-state index in [2.05, 4.69) is 16.0 Å². The van der Waals surface area contributed by atoms with Crippen LogP contribution in [0.3, 0.4) is 0 Å². The maximum atomic E-state index is 13.8. The molecule has 1 atom stereocenters. The van der Waals surface area contributed by atoms with E-state index in [1.54, 1.807) is 11.0 Å². The highest BCUT2D eigenvalue weighted by Crippen LogP contribution is 2.32. The van der Waals surface area contributed by atoms with Gasteiger partial charge in [0.2, 0.25) is 5.91 Å². The molecule has 4 rings (SSSR count). The first-order valence-electron chi connectivity index (χ1n) is 12.2. The van der Waals surface area contributed by atoms with Crippen molar-refractivity contribution in [2.75, 3.05) is 30.3 Å². The summed E-state index contributed by atoms with van der Waals surface area (Å²) in [7, 11) is 0. The molecule has 3 amide bonds. The molecule has 0 bridgehead atoms. The minimum Gasteiger partial charge on any atom is -0.482 e. The lowest BCUT2D eigenvalue weighted by atomic mass is 9.85. The Morgan fingerprint density at radius 2 is 1.81 bits per heavy atom. The Morgan fingerprint density at radius 3 is 2.47 bits per heavy atom. The molecule has 9 nitrogen and oxygen atoms in total. The zero-order valence-corrected chi connectivity index (χ0v) is 21.2. The van der Waals surface area contributed by atoms with Gasteiger partial charge in [0.05, 0.1) is 11.7 Å². The molecule has 0 unspecified atom stereocenters. The van der Waals surface area contributed by atoms with Crippen LogP contribution in [-0.4, -0.2) is 53.6 Å². The van der Waals surface area contributed by atoms with Crippen LogP contribution in [0.5, 0.6) is 5.75 Å². The van der Waals surface area contributed by atoms with E-state index < -0.39 is 11.1 Å². The lowest BCUT2D eigenvalue weighted by Crippen LogP contribution is -2.59. The van der Waals surface area contributed by atoms with Crippen molar-refractivity contribution >= 4 is 29.3 Å². The number of piperidine rings is 1. The lowest BCUT2D eigenvalue weighted by Gasteiger charge is -2.42. The number of carbonyl (C=O) groups is 3. The summed E-state index contributed by atoms with van der Waals surface area (Å²) in [4.78, 5) is 39.7. The van der Waals surface area contributed by atoms with Gasteiger partial charge in [0, 0.05) is 18.8 Å². The number of nitrogens with one attached hydrogen (secondary N) is 3. The van der Waals surface area contributed by atoms with E-state index in [1.807, 2.05) is 70.2 Å². The van der Waals surface area contributed by atoms with Crippen LogP contribution in [0.2, 0.25) is 0 Å². The quantitative estimate of drug-likeness (QED) is 0.578. The van der Waals surface area contributed by atoms with E-state index in [1.165, 1.54) is 0 Å². The van der Waals surface area contributed by atoms with Gasteiger partial charge in [-0.25, -0.2) is 4.79 Å². The van der Waals surface area contributed by atoms with Crippen LogP contribution >= 0.6 is 0 Å². The van der Waals surface area contributed by atoms with Gasteiger partial charge in [-0.2, -0.15) is 0 Å². The molecule has 0 spiro atoms. The fourth-order valence-corrected chi connectivity index (χ4v) is 4.39. The van der Waals surface area contributed by atoms with E-state index in [-0.39, 0.29) is 30.6 Å². The highest BCUT2D eigenvalue weighted by atomic mass is 16.6. The van der Waals surface area contributed by atoms with Gasteiger partial charge in [0.25, 0.3) is 5.91 Å². The Bertz CT molecular complexity index is 1120. The maximum absolute atomic E-state index is 13.8. The number of hydrogen-bond acceptors (Lipinski definition) is 6. The standard InChI is InChI=1S/C27H34N4O5/c1-18(19-10-11-22-21(16-19)29-23(32)17-35-22)28-24(33)27(30-20-8-6-5-7-9-20)12-14-31(15-13-27)25(34)36-26(2,3)4/h5-11,16,18,30H,12-15,17H2,1-4H3,(H,28,33)(H,29,32)/t18-/m0/s1. The fourth-order valence-electron chi connectivity index (χ4n) is 4.39. The smallest absolute Gasteiger partial charge is 0.410 e. The van der Waals surface area contributed by atoms with Gasteiger partial charge in [-0.1, -0.05) is 24.3 Å². The summed E-state index contributed by atoms with van der Waals surface area (Å²) in [5.41, 5.74) is 0.779. The van der Waals surface area contributed by atoms with E-state index in [0.717, 1.165) is 11.3 Å². The molecule has 192 valence electrons. The summed E-state index contributed by atoms with van der Waals surface area (Å²) in [6.45, 7) is 8.18. The Kier molecular flexibility index (Phi) is 7.10. The number of para-hydroxylation sites is 1. The van der Waals surface area contributed by atoms with Gasteiger partial charge in [-0.15, -0.1) is 0 Å². The summed E-state index contributed by atoms with van der Waals surface area (Å²) in [5.74, 6) is 0.244. The second-order valence-corrected chi connectivity index (χ2v) is 10.3. The summed E-state index contributed by atoms with van der Waals surface area (Å²) in [6, 6.07) is 14.8. The van der Waals surface area contributed by atoms with E-state index in [0.29, 0.717) is 37.4 Å². The summed E-state index contributed by atoms with van der Waals surface area (Å²) >= 11 is 0. The molecule has 2 heterocycles. The van der Waals surface area contributed by atoms with E-state index in [4.69, 9.17) is 9.47 Å². The largest absolute Gasteiger partial charge is 0.482 e. The number of rotatable bonds is 5. The number of likely N-dealkylation sites (tertiary alicyclic amines) is 1. The molecule has 2 aromatic rings. The summed E-state index contributed by atoms with van der Waals surface area (Å²) in [6.07, 6.45) is 0.476. The third-order valence-corrected chi connectivity index (χ3v) is 6.34. The van der Waals surface area contributed by atoms with Crippen LogP contribution in [0.25, 0.3) is 0 Å². The molecule has 2 aliphatic rings. The van der Waals surface area contributed by atoms with Crippen LogP contribution in [0.15, 0.2) is 48.5 Å². The molecular formula is C27H34N4O5. The molecule has 0 aliphatic carbocycles. The number of amides is 3. The van der Waals surface area contributed by atoms with Gasteiger partial charge >= 0.3 is 6.09 Å². The highest BCUT2D eigenvalue weighted by molar-refractivity contribution is 5.95. The third-order valence-electron chi connectivity index (χ3n) is 6.34. The molecule has 0 radical (unpaired) electrons. The number of ether oxygens (including phenoxy) is 2. The molecule has 9 heteroatoms. The summed E-state index contributed by atoms with van der Waals surface area (Å²) < 4.78 is 11.0. The zero-order chi connectivity index (χ0) is 25.9. The molecule has 36 heavy (non-hydrogen) atoms. The SMILES string of the molecule is C[C@H](NC(=O)C1(Nc2ccccc2)CCN(C(=O)OC(C)(C)C)CC1)c1ccc2c(c1)NC(=O)CO2. The van der Waals surface area contributed by atoms with Crippen molar-refractivity contribution < 1.29 is 23.9 Å². The first kappa shape index (κ1) is 25.3. The van der Waals surface area contributed by atoms with Crippen LogP contribution in [0, 0.1) is 0 Å². The van der Waals surface area contributed by atoms with Crippen molar-refractivity contribution in [3.05, 3.63) is 54.1 Å². The number of nitrogens with zero attached hydrogens (tertiary/aromatic N) is 1. The maximum Gasteiger partial charge on any atom is 0.410 e. The fraction of sp³-hybridized carbons (Fsp3) is 0.444. The number of carbonyl (C=O) groups excluding carboxylic acids is 3. The summed E-state index contributed by atoms with van der Waals surface area (Å²) in [5, 5.41) is 9.39. The number of anilines is 2. The molecule has 2 aliphatic heterocycles. The van der Waals surface area contributed by atoms with Gasteiger partial charge in [0.1, 0.15) is 16.9 Å². The Hall–Kier alpha value is -3.75. The van der Waals surface area contributed by atoms with Crippen molar-refractivity contribution in [3.8, 4) is 5.75 Å². The Labute approximate surface area is 211 Å². The minimum atomic E-state index is -0.903. The average molecular weight is 495 g/mol. The van der Waals surface area contributed by atoms with Crippen LogP contribution < -0.4 is 20.7 Å². The minimum absolute atomic E-state index is 0.00732. The van der Waals surface area contributed by atoms with Gasteiger partial charge in [-0.05, 0) is 70.4 Å². The van der Waals surface area contributed by atoms with Gasteiger partial charge in [0.15, 0.2) is 6.61 Å². The predicted octanol–water partition coefficient (Wildman–Crippen LogP) is 4.08. The van der Waals surface area contributed by atoms with Gasteiger partial charge < -0.3 is 30.3 Å². The second-order valence-electron chi connectivity index (χ2n) is 10.3. The van der Waals surface area contributed by atoms with E-state index in [9.17, 15) is 14.4 Å². The molecule has 0 aromatic heterocycles. The second kappa shape index (κ2) is 10.1. The zero-order valence-electron chi connectivity index (χ0n) is 21.2. The normalized spacial score (nSPS) is 17.7. The van der Waals surface area contributed by atoms with Crippen molar-refractivity contribution in [3.63, 3.8) is 0 Å². The number of fused-ring (bicyclic) bond motifs is 1. The Balaban J connectivity index is 1.50. The van der Waals surface area contributed by atoms with E-state index >= 15 is 0 Å². The Morgan fingerprint density at radius 1 is 1.11 bits per heavy atom. The topological polar surface area (TPSA) is 109 Å². The monoisotopic (exact) mass is 494 g/mol. The molecular weight excluding hydrogens is 460 g/mol. The van der Waals surface area contributed by atoms with Crippen molar-refractivity contribution in [2.45, 2.75) is 57.7 Å². The average Bonchev–Trinajstić information content (AvgIpc) is 2.83. The number of benzene rings is 2. The van der Waals surface area contributed by atoms with Crippen molar-refractivity contribution in [1.29, 1.82) is 0 Å². The molecule has 2 aromatic carbocycles. The molecule has 0 saturated carbocycles. The van der Waals surface area contributed by atoms with Crippen LogP contribution in [0.4, 0.5) is 16.2 Å². The van der Waals surface area contributed by atoms with Gasteiger partial charge in [-0.3, -0.25) is 9.59 Å². The first-order chi connectivity index (χ1) is 17.0. The van der Waals surface area contributed by atoms with Crippen molar-refractivity contribution in [2.24, 2.45) is 0 Å². The number of hydrogen-bond donors (Lipinski definition) is 3. The predicted molar refractivity (Wildman–Crippen MR) is 137 cm³/mol. The van der Waals surface area contributed by atoms with Crippen molar-refractivity contribution in [1.82, 2.24) is 10.2 Å².